The minimum atomic E-state index is -3.46. The fourth-order valence-electron chi connectivity index (χ4n) is 2.75. The third-order valence-corrected chi connectivity index (χ3v) is 5.53. The third-order valence-electron chi connectivity index (χ3n) is 4.10. The van der Waals surface area contributed by atoms with Crippen molar-refractivity contribution in [3.63, 3.8) is 0 Å². The van der Waals surface area contributed by atoms with Gasteiger partial charge in [-0.25, -0.2) is 18.1 Å². The molecule has 0 saturated carbocycles. The van der Waals surface area contributed by atoms with Gasteiger partial charge in [-0.3, -0.25) is 4.79 Å². The molecule has 122 valence electrons. The Balaban J connectivity index is 1.95. The Morgan fingerprint density at radius 3 is 2.52 bits per heavy atom. The summed E-state index contributed by atoms with van der Waals surface area (Å²) in [6.45, 7) is 0.723. The molecule has 23 heavy (non-hydrogen) atoms. The molecule has 2 heterocycles. The van der Waals surface area contributed by atoms with E-state index in [1.807, 2.05) is 4.57 Å². The van der Waals surface area contributed by atoms with Crippen LogP contribution in [0.4, 0.5) is 0 Å². The number of imidazole rings is 1. The fraction of sp³-hybridized carbons (Fsp3) is 0.333. The highest BCUT2D eigenvalue weighted by Gasteiger charge is 2.31. The van der Waals surface area contributed by atoms with Gasteiger partial charge in [0.1, 0.15) is 11.9 Å². The molecule has 0 unspecified atom stereocenters. The monoisotopic (exact) mass is 334 g/mol. The van der Waals surface area contributed by atoms with Crippen LogP contribution in [0.25, 0.3) is 11.4 Å². The molecule has 1 aliphatic rings. The van der Waals surface area contributed by atoms with Gasteiger partial charge in [0.15, 0.2) is 0 Å². The maximum atomic E-state index is 12.2. The van der Waals surface area contributed by atoms with Gasteiger partial charge in [-0.05, 0) is 37.7 Å². The van der Waals surface area contributed by atoms with Crippen molar-refractivity contribution in [3.05, 3.63) is 36.7 Å². The Bertz CT molecular complexity index is 827. The molecule has 2 aromatic rings. The Morgan fingerprint density at radius 1 is 1.26 bits per heavy atom. The minimum absolute atomic E-state index is 0.0682. The van der Waals surface area contributed by atoms with E-state index in [0.717, 1.165) is 18.5 Å². The second kappa shape index (κ2) is 5.78. The van der Waals surface area contributed by atoms with Crippen LogP contribution in [0.15, 0.2) is 41.6 Å². The Hall–Kier alpha value is -2.19. The number of likely N-dealkylation sites (tertiary alicyclic amines) is 1. The second-order valence-electron chi connectivity index (χ2n) is 5.45. The van der Waals surface area contributed by atoms with E-state index in [1.54, 1.807) is 36.5 Å². The number of aromatic nitrogens is 2. The highest BCUT2D eigenvalue weighted by atomic mass is 32.2. The van der Waals surface area contributed by atoms with E-state index in [1.165, 1.54) is 19.2 Å². The van der Waals surface area contributed by atoms with Crippen LogP contribution in [0.2, 0.25) is 0 Å². The molecule has 7 nitrogen and oxygen atoms in total. The smallest absolute Gasteiger partial charge is 0.245 e. The molecule has 0 spiro atoms. The van der Waals surface area contributed by atoms with Gasteiger partial charge < -0.3 is 9.47 Å². The number of nitrogens with zero attached hydrogens (tertiary/aromatic N) is 3. The van der Waals surface area contributed by atoms with Gasteiger partial charge in [0.25, 0.3) is 0 Å². The van der Waals surface area contributed by atoms with Crippen molar-refractivity contribution in [2.24, 2.45) is 0 Å². The average Bonchev–Trinajstić information content (AvgIpc) is 3.15. The summed E-state index contributed by atoms with van der Waals surface area (Å²) in [5.74, 6) is 0.727. The molecule has 1 N–H and O–H groups in total. The summed E-state index contributed by atoms with van der Waals surface area (Å²) in [6.07, 6.45) is 4.18. The van der Waals surface area contributed by atoms with Crippen molar-refractivity contribution in [1.29, 1.82) is 0 Å². The van der Waals surface area contributed by atoms with Gasteiger partial charge >= 0.3 is 0 Å². The fourth-order valence-corrected chi connectivity index (χ4v) is 3.48. The minimum Gasteiger partial charge on any atom is -0.344 e. The number of sulfonamides is 1. The van der Waals surface area contributed by atoms with E-state index in [9.17, 15) is 13.2 Å². The molecule has 1 aliphatic heterocycles. The molecule has 8 heteroatoms. The predicted molar refractivity (Wildman–Crippen MR) is 85.2 cm³/mol. The Labute approximate surface area is 135 Å². The first-order valence-corrected chi connectivity index (χ1v) is 8.74. The average molecular weight is 334 g/mol. The molecular formula is C15H18N4O3S. The lowest BCUT2D eigenvalue weighted by molar-refractivity contribution is -0.129. The zero-order valence-corrected chi connectivity index (χ0v) is 13.7. The summed E-state index contributed by atoms with van der Waals surface area (Å²) in [4.78, 5) is 18.4. The molecule has 0 radical (unpaired) electrons. The SMILES string of the molecule is CNS(=O)(=O)c1ccc(-c2nccn2[C@H]2CCN(C)C2=O)cc1. The standard InChI is InChI=1S/C15H18N4O3S/c1-16-23(21,22)12-5-3-11(4-6-12)14-17-8-10-19(14)13-7-9-18(2)15(13)20/h3-6,8,10,13,16H,7,9H2,1-2H3/t13-/m0/s1. The van der Waals surface area contributed by atoms with Gasteiger partial charge in [-0.2, -0.15) is 0 Å². The Morgan fingerprint density at radius 2 is 1.96 bits per heavy atom. The van der Waals surface area contributed by atoms with Crippen LogP contribution in [-0.4, -0.2) is 49.4 Å². The van der Waals surface area contributed by atoms with Crippen LogP contribution < -0.4 is 4.72 Å². The van der Waals surface area contributed by atoms with Gasteiger partial charge in [0, 0.05) is 31.5 Å². The van der Waals surface area contributed by atoms with E-state index in [-0.39, 0.29) is 16.8 Å². The molecule has 0 aliphatic carbocycles. The summed E-state index contributed by atoms with van der Waals surface area (Å²) in [5, 5.41) is 0. The van der Waals surface area contributed by atoms with Crippen LogP contribution in [0.5, 0.6) is 0 Å². The van der Waals surface area contributed by atoms with Gasteiger partial charge in [0.05, 0.1) is 4.90 Å². The van der Waals surface area contributed by atoms with E-state index in [0.29, 0.717) is 5.82 Å². The van der Waals surface area contributed by atoms with E-state index < -0.39 is 10.0 Å². The first kappa shape index (κ1) is 15.7. The molecule has 1 amide bonds. The first-order valence-electron chi connectivity index (χ1n) is 7.26. The van der Waals surface area contributed by atoms with Crippen LogP contribution in [-0.2, 0) is 14.8 Å². The molecule has 1 atom stereocenters. The molecule has 3 rings (SSSR count). The number of amides is 1. The van der Waals surface area contributed by atoms with Crippen molar-refractivity contribution in [3.8, 4) is 11.4 Å². The van der Waals surface area contributed by atoms with Gasteiger partial charge in [0.2, 0.25) is 15.9 Å². The third kappa shape index (κ3) is 2.75. The van der Waals surface area contributed by atoms with E-state index in [4.69, 9.17) is 0 Å². The zero-order valence-electron chi connectivity index (χ0n) is 12.9. The molecule has 1 aromatic heterocycles. The summed E-state index contributed by atoms with van der Waals surface area (Å²) >= 11 is 0. The highest BCUT2D eigenvalue weighted by Crippen LogP contribution is 2.28. The van der Waals surface area contributed by atoms with Gasteiger partial charge in [-0.15, -0.1) is 0 Å². The lowest BCUT2D eigenvalue weighted by atomic mass is 10.2. The number of hydrogen-bond acceptors (Lipinski definition) is 4. The van der Waals surface area contributed by atoms with Crippen molar-refractivity contribution in [1.82, 2.24) is 19.2 Å². The number of benzene rings is 1. The quantitative estimate of drug-likeness (QED) is 0.899. The van der Waals surface area contributed by atoms with E-state index >= 15 is 0 Å². The topological polar surface area (TPSA) is 84.3 Å². The summed E-state index contributed by atoms with van der Waals surface area (Å²) in [7, 11) is -0.302. The number of carbonyl (C=O) groups is 1. The summed E-state index contributed by atoms with van der Waals surface area (Å²) < 4.78 is 27.7. The van der Waals surface area contributed by atoms with Crippen LogP contribution >= 0.6 is 0 Å². The first-order chi connectivity index (χ1) is 10.9. The lowest BCUT2D eigenvalue weighted by Crippen LogP contribution is -2.24. The zero-order chi connectivity index (χ0) is 16.6. The maximum absolute atomic E-state index is 12.2. The number of rotatable bonds is 4. The van der Waals surface area contributed by atoms with Gasteiger partial charge in [-0.1, -0.05) is 0 Å². The number of likely N-dealkylation sites (N-methyl/N-ethyl adjacent to an activating group) is 1. The largest absolute Gasteiger partial charge is 0.344 e. The van der Waals surface area contributed by atoms with Crippen molar-refractivity contribution in [2.45, 2.75) is 17.4 Å². The van der Waals surface area contributed by atoms with Crippen LogP contribution in [0, 0.1) is 0 Å². The number of nitrogens with one attached hydrogen (secondary N) is 1. The number of hydrogen-bond donors (Lipinski definition) is 1. The van der Waals surface area contributed by atoms with E-state index in [2.05, 4.69) is 9.71 Å². The molecule has 0 bridgehead atoms. The van der Waals surface area contributed by atoms with Crippen molar-refractivity contribution >= 4 is 15.9 Å². The predicted octanol–water partition coefficient (Wildman–Crippen LogP) is 0.861. The molecule has 1 aromatic carbocycles. The van der Waals surface area contributed by atoms with Crippen molar-refractivity contribution < 1.29 is 13.2 Å². The summed E-state index contributed by atoms with van der Waals surface area (Å²) in [5.41, 5.74) is 0.771. The normalized spacial score (nSPS) is 18.6. The molecule has 1 fully saturated rings. The van der Waals surface area contributed by atoms with Crippen molar-refractivity contribution in [2.75, 3.05) is 20.6 Å². The molecule has 1 saturated heterocycles. The lowest BCUT2D eigenvalue weighted by Gasteiger charge is -2.15. The van der Waals surface area contributed by atoms with Crippen LogP contribution in [0.3, 0.4) is 0 Å². The Kier molecular flexibility index (Phi) is 3.95. The molecular weight excluding hydrogens is 316 g/mol. The second-order valence-corrected chi connectivity index (χ2v) is 7.34. The summed E-state index contributed by atoms with van der Waals surface area (Å²) in [6, 6.07) is 6.21. The highest BCUT2D eigenvalue weighted by molar-refractivity contribution is 7.89. The maximum Gasteiger partial charge on any atom is 0.245 e. The number of carbonyl (C=O) groups excluding carboxylic acids is 1. The van der Waals surface area contributed by atoms with Crippen LogP contribution in [0.1, 0.15) is 12.5 Å².